The molecule has 3 N–H and O–H groups in total. The first-order valence-corrected chi connectivity index (χ1v) is 24.5. The predicted molar refractivity (Wildman–Crippen MR) is 222 cm³/mol. The lowest BCUT2D eigenvalue weighted by Crippen LogP contribution is -2.68. The molecule has 0 aromatic heterocycles. The second-order valence-electron chi connectivity index (χ2n) is 15.1. The smallest absolute Gasteiger partial charge is 0.400 e. The van der Waals surface area contributed by atoms with Gasteiger partial charge in [-0.05, 0) is 45.7 Å². The molecule has 1 aliphatic heterocycles. The highest BCUT2D eigenvalue weighted by molar-refractivity contribution is 7.99. The average Bonchev–Trinajstić information content (AvgIpc) is 3.18. The number of halogens is 4. The van der Waals surface area contributed by atoms with Crippen molar-refractivity contribution in [1.82, 2.24) is 9.80 Å². The average molecular weight is 881 g/mol. The topological polar surface area (TPSA) is 139 Å². The number of nitrogens with one attached hydrogen (secondary N) is 1. The maximum atomic E-state index is 15.0. The number of alkyl halides is 4. The van der Waals surface area contributed by atoms with Gasteiger partial charge in [-0.15, -0.1) is 11.8 Å². The molecule has 0 radical (unpaired) electrons. The SMILES string of the molecule is CC(C)(C)[Si](O[C@@H](CF)CN1CCN(C(=O)C[C@H](CSc2ccccc2)Nc2ccc(S(N)(=O)=O)cc2S(=O)(=O)C(F)(F)F)CC1)(c1ccccc1)c1ccccc1. The summed E-state index contributed by atoms with van der Waals surface area (Å²) < 4.78 is 113. The molecule has 1 aliphatic rings. The first-order valence-electron chi connectivity index (χ1n) is 18.5. The minimum Gasteiger partial charge on any atom is -0.400 e. The highest BCUT2D eigenvalue weighted by atomic mass is 32.2. The number of sulfone groups is 1. The number of primary sulfonamides is 1. The van der Waals surface area contributed by atoms with Crippen LogP contribution in [0.3, 0.4) is 0 Å². The molecular weight excluding hydrogens is 833 g/mol. The Hall–Kier alpha value is -3.78. The van der Waals surface area contributed by atoms with Crippen LogP contribution in [0.4, 0.5) is 23.2 Å². The zero-order chi connectivity index (χ0) is 42.4. The van der Waals surface area contributed by atoms with Gasteiger partial charge in [-0.25, -0.2) is 26.4 Å². The molecule has 0 saturated carbocycles. The van der Waals surface area contributed by atoms with Crippen LogP contribution >= 0.6 is 11.8 Å². The Morgan fingerprint density at radius 2 is 1.38 bits per heavy atom. The van der Waals surface area contributed by atoms with Gasteiger partial charge in [-0.2, -0.15) is 13.2 Å². The van der Waals surface area contributed by atoms with E-state index in [2.05, 4.69) is 26.1 Å². The van der Waals surface area contributed by atoms with E-state index in [1.165, 1.54) is 11.8 Å². The van der Waals surface area contributed by atoms with Gasteiger partial charge in [0.05, 0.1) is 16.7 Å². The molecule has 18 heteroatoms. The number of hydrogen-bond acceptors (Lipinski definition) is 9. The van der Waals surface area contributed by atoms with Crippen molar-refractivity contribution in [1.29, 1.82) is 0 Å². The quantitative estimate of drug-likeness (QED) is 0.0831. The van der Waals surface area contributed by atoms with Crippen molar-refractivity contribution in [2.24, 2.45) is 5.14 Å². The van der Waals surface area contributed by atoms with Crippen molar-refractivity contribution in [2.45, 2.75) is 64.6 Å². The third-order valence-corrected chi connectivity index (χ3v) is 18.7. The van der Waals surface area contributed by atoms with Crippen LogP contribution in [0.1, 0.15) is 27.2 Å². The Balaban J connectivity index is 1.32. The Labute approximate surface area is 343 Å². The van der Waals surface area contributed by atoms with Crippen LogP contribution in [-0.4, -0.2) is 104 Å². The molecule has 4 aromatic rings. The van der Waals surface area contributed by atoms with Gasteiger partial charge in [-0.1, -0.05) is 99.6 Å². The molecule has 1 saturated heterocycles. The van der Waals surface area contributed by atoms with Crippen LogP contribution < -0.4 is 20.8 Å². The number of thioether (sulfide) groups is 1. The van der Waals surface area contributed by atoms with Crippen molar-refractivity contribution >= 4 is 61.9 Å². The monoisotopic (exact) mass is 880 g/mol. The molecule has 0 aliphatic carbocycles. The number of amides is 1. The van der Waals surface area contributed by atoms with E-state index in [-0.39, 0.29) is 42.8 Å². The number of piperazine rings is 1. The summed E-state index contributed by atoms with van der Waals surface area (Å²) in [6.45, 7) is 7.31. The fraction of sp³-hybridized carbons (Fsp3) is 0.375. The van der Waals surface area contributed by atoms with Gasteiger partial charge in [-0.3, -0.25) is 9.69 Å². The zero-order valence-corrected chi connectivity index (χ0v) is 35.8. The summed E-state index contributed by atoms with van der Waals surface area (Å²) in [4.78, 5) is 16.1. The Morgan fingerprint density at radius 3 is 1.86 bits per heavy atom. The molecule has 2 atom stereocenters. The summed E-state index contributed by atoms with van der Waals surface area (Å²) in [5.41, 5.74) is -6.28. The number of carbonyl (C=O) groups is 1. The molecule has 10 nitrogen and oxygen atoms in total. The van der Waals surface area contributed by atoms with E-state index < -0.39 is 68.0 Å². The third kappa shape index (κ3) is 10.7. The van der Waals surface area contributed by atoms with E-state index in [0.717, 1.165) is 27.4 Å². The lowest BCUT2D eigenvalue weighted by atomic mass is 10.1. The van der Waals surface area contributed by atoms with Gasteiger partial charge in [0.25, 0.3) is 18.2 Å². The van der Waals surface area contributed by atoms with E-state index in [0.29, 0.717) is 19.2 Å². The lowest BCUT2D eigenvalue weighted by molar-refractivity contribution is -0.133. The van der Waals surface area contributed by atoms with Gasteiger partial charge in [0.2, 0.25) is 15.9 Å². The number of rotatable bonds is 16. The van der Waals surface area contributed by atoms with Gasteiger partial charge in [0.15, 0.2) is 0 Å². The van der Waals surface area contributed by atoms with Gasteiger partial charge in [0.1, 0.15) is 11.6 Å². The molecule has 314 valence electrons. The van der Waals surface area contributed by atoms with E-state index in [1.807, 2.05) is 83.8 Å². The Morgan fingerprint density at radius 1 is 0.845 bits per heavy atom. The molecule has 1 amide bonds. The van der Waals surface area contributed by atoms with Crippen molar-refractivity contribution in [2.75, 3.05) is 50.5 Å². The molecule has 5 rings (SSSR count). The number of anilines is 1. The van der Waals surface area contributed by atoms with Crippen LogP contribution in [0.2, 0.25) is 5.04 Å². The maximum absolute atomic E-state index is 15.0. The number of carbonyl (C=O) groups excluding carboxylic acids is 1. The summed E-state index contributed by atoms with van der Waals surface area (Å²) in [5, 5.41) is 9.61. The number of nitrogens with zero attached hydrogens (tertiary/aromatic N) is 2. The van der Waals surface area contributed by atoms with E-state index in [4.69, 9.17) is 9.56 Å². The normalized spacial score (nSPS) is 15.8. The number of benzene rings is 4. The number of hydrogen-bond donors (Lipinski definition) is 2. The molecule has 0 bridgehead atoms. The second kappa shape index (κ2) is 18.6. The number of nitrogens with two attached hydrogens (primary N) is 1. The summed E-state index contributed by atoms with van der Waals surface area (Å²) in [6, 6.07) is 30.2. The summed E-state index contributed by atoms with van der Waals surface area (Å²) >= 11 is 1.30. The largest absolute Gasteiger partial charge is 0.501 e. The van der Waals surface area contributed by atoms with Gasteiger partial charge < -0.3 is 14.6 Å². The summed E-state index contributed by atoms with van der Waals surface area (Å²) in [6.07, 6.45) is -0.994. The highest BCUT2D eigenvalue weighted by Crippen LogP contribution is 2.38. The first kappa shape index (κ1) is 45.3. The molecular formula is C40H48F4N4O6S3Si. The molecule has 58 heavy (non-hydrogen) atoms. The fourth-order valence-corrected chi connectivity index (χ4v) is 14.3. The van der Waals surface area contributed by atoms with Crippen molar-refractivity contribution in [3.63, 3.8) is 0 Å². The van der Waals surface area contributed by atoms with Crippen LogP contribution in [0.15, 0.2) is 124 Å². The van der Waals surface area contributed by atoms with Crippen molar-refractivity contribution < 1.29 is 43.6 Å². The van der Waals surface area contributed by atoms with Crippen LogP contribution in [0, 0.1) is 0 Å². The minimum atomic E-state index is -6.05. The lowest BCUT2D eigenvalue weighted by Gasteiger charge is -2.46. The zero-order valence-electron chi connectivity index (χ0n) is 32.4. The maximum Gasteiger partial charge on any atom is 0.501 e. The van der Waals surface area contributed by atoms with Crippen LogP contribution in [0.25, 0.3) is 0 Å². The molecule has 1 heterocycles. The third-order valence-electron chi connectivity index (χ3n) is 9.97. The first-order chi connectivity index (χ1) is 27.3. The molecule has 0 spiro atoms. The molecule has 1 fully saturated rings. The van der Waals surface area contributed by atoms with Gasteiger partial charge >= 0.3 is 5.51 Å². The van der Waals surface area contributed by atoms with Gasteiger partial charge in [0, 0.05) is 55.8 Å². The summed E-state index contributed by atoms with van der Waals surface area (Å²) in [5.74, 6) is -0.201. The molecule has 4 aromatic carbocycles. The van der Waals surface area contributed by atoms with Crippen LogP contribution in [0.5, 0.6) is 0 Å². The predicted octanol–water partition coefficient (Wildman–Crippen LogP) is 5.65. The Kier molecular flexibility index (Phi) is 14.6. The molecule has 0 unspecified atom stereocenters. The van der Waals surface area contributed by atoms with E-state index >= 15 is 0 Å². The standard InChI is InChI=1S/C40H48F4N4O6S3Si/c1-39(2,3)58(34-15-9-5-10-16-34,35-17-11-6-12-18-35)54-31(27-41)28-47-21-23-48(24-22-47)38(49)25-30(29-55-32-13-7-4-8-14-32)46-36-20-19-33(57(45,52)53)26-37(36)56(50,51)40(42,43)44/h4-20,26,30-31,46H,21-25,27-29H2,1-3H3,(H2,45,52,53)/t30-,31+/m1/s1. The van der Waals surface area contributed by atoms with E-state index in [1.54, 1.807) is 17.0 Å². The minimum absolute atomic E-state index is 0.135. The van der Waals surface area contributed by atoms with Crippen molar-refractivity contribution in [3.05, 3.63) is 109 Å². The van der Waals surface area contributed by atoms with Crippen molar-refractivity contribution in [3.8, 4) is 0 Å². The second-order valence-corrected chi connectivity index (χ2v) is 23.9. The number of sulfonamides is 1. The van der Waals surface area contributed by atoms with E-state index in [9.17, 15) is 39.2 Å². The van der Waals surface area contributed by atoms with Crippen LogP contribution in [-0.2, 0) is 29.1 Å². The summed E-state index contributed by atoms with van der Waals surface area (Å²) in [7, 11) is -13.7. The highest BCUT2D eigenvalue weighted by Gasteiger charge is 2.52. The Bertz CT molecular complexity index is 2170. The fourth-order valence-electron chi connectivity index (χ4n) is 7.10.